The van der Waals surface area contributed by atoms with Crippen LogP contribution in [0.5, 0.6) is 5.75 Å². The second-order valence-electron chi connectivity index (χ2n) is 4.59. The minimum Gasteiger partial charge on any atom is -0.492 e. The molecule has 0 atom stereocenters. The molecule has 0 unspecified atom stereocenters. The van der Waals surface area contributed by atoms with Crippen molar-refractivity contribution in [2.75, 3.05) is 18.5 Å². The van der Waals surface area contributed by atoms with Gasteiger partial charge < -0.3 is 15.4 Å². The van der Waals surface area contributed by atoms with Gasteiger partial charge in [0, 0.05) is 5.69 Å². The Hall–Kier alpha value is -2.07. The summed E-state index contributed by atoms with van der Waals surface area (Å²) in [6, 6.07) is 18.0. The third-order valence-corrected chi connectivity index (χ3v) is 3.27. The van der Waals surface area contributed by atoms with Crippen molar-refractivity contribution in [1.29, 1.82) is 0 Å². The van der Waals surface area contributed by atoms with Gasteiger partial charge in [0.1, 0.15) is 12.4 Å². The lowest BCUT2D eigenvalue weighted by molar-refractivity contribution is 0.323. The molecular weight excluding hydrogens is 280 g/mol. The summed E-state index contributed by atoms with van der Waals surface area (Å²) in [5, 5.41) is 6.89. The van der Waals surface area contributed by atoms with Gasteiger partial charge in [-0.1, -0.05) is 37.3 Å². The minimum absolute atomic E-state index is 0.570. The third kappa shape index (κ3) is 5.44. The number of anilines is 1. The predicted molar refractivity (Wildman–Crippen MR) is 92.0 cm³/mol. The molecular formula is C17H20N2OS. The van der Waals surface area contributed by atoms with Crippen LogP contribution in [0.2, 0.25) is 0 Å². The average molecular weight is 300 g/mol. The van der Waals surface area contributed by atoms with Gasteiger partial charge in [-0.15, -0.1) is 0 Å². The standard InChI is InChI=1S/C17H20N2OS/c1-2-14-8-10-15(11-9-14)19-17(21)18-12-13-20-16-6-4-3-5-7-16/h3-11H,2,12-13H2,1H3,(H2,18,19,21). The number of aryl methyl sites for hydroxylation is 1. The van der Waals surface area contributed by atoms with Crippen molar-refractivity contribution >= 4 is 23.0 Å². The number of benzene rings is 2. The highest BCUT2D eigenvalue weighted by molar-refractivity contribution is 7.80. The number of ether oxygens (including phenoxy) is 1. The van der Waals surface area contributed by atoms with Crippen molar-refractivity contribution in [3.8, 4) is 5.75 Å². The minimum atomic E-state index is 0.570. The van der Waals surface area contributed by atoms with E-state index in [0.717, 1.165) is 17.9 Å². The van der Waals surface area contributed by atoms with Gasteiger partial charge in [-0.3, -0.25) is 0 Å². The largest absolute Gasteiger partial charge is 0.492 e. The van der Waals surface area contributed by atoms with Crippen LogP contribution in [0.4, 0.5) is 5.69 Å². The first-order chi connectivity index (χ1) is 10.3. The molecule has 0 aromatic heterocycles. The molecule has 2 aromatic carbocycles. The van der Waals surface area contributed by atoms with Crippen LogP contribution >= 0.6 is 12.2 Å². The first kappa shape index (κ1) is 15.3. The van der Waals surface area contributed by atoms with E-state index in [4.69, 9.17) is 17.0 Å². The summed E-state index contributed by atoms with van der Waals surface area (Å²) in [5.74, 6) is 0.869. The van der Waals surface area contributed by atoms with E-state index in [2.05, 4.69) is 29.7 Å². The fourth-order valence-electron chi connectivity index (χ4n) is 1.85. The predicted octanol–water partition coefficient (Wildman–Crippen LogP) is 3.61. The number of hydrogen-bond donors (Lipinski definition) is 2. The summed E-state index contributed by atoms with van der Waals surface area (Å²) in [7, 11) is 0. The van der Waals surface area contributed by atoms with Gasteiger partial charge >= 0.3 is 0 Å². The van der Waals surface area contributed by atoms with Crippen LogP contribution in [0.1, 0.15) is 12.5 Å². The van der Waals surface area contributed by atoms with Crippen LogP contribution in [-0.2, 0) is 6.42 Å². The van der Waals surface area contributed by atoms with Crippen molar-refractivity contribution in [3.63, 3.8) is 0 Å². The number of para-hydroxylation sites is 1. The average Bonchev–Trinajstić information content (AvgIpc) is 2.53. The van der Waals surface area contributed by atoms with Gasteiger partial charge in [0.2, 0.25) is 0 Å². The van der Waals surface area contributed by atoms with Gasteiger partial charge in [-0.05, 0) is 48.5 Å². The van der Waals surface area contributed by atoms with Crippen molar-refractivity contribution in [2.45, 2.75) is 13.3 Å². The summed E-state index contributed by atoms with van der Waals surface area (Å²) in [6.45, 7) is 3.37. The summed E-state index contributed by atoms with van der Waals surface area (Å²) < 4.78 is 5.59. The molecule has 0 saturated carbocycles. The van der Waals surface area contributed by atoms with E-state index in [0.29, 0.717) is 18.3 Å². The Morgan fingerprint density at radius 2 is 1.76 bits per heavy atom. The molecule has 2 N–H and O–H groups in total. The highest BCUT2D eigenvalue weighted by atomic mass is 32.1. The third-order valence-electron chi connectivity index (χ3n) is 3.02. The Morgan fingerprint density at radius 1 is 1.05 bits per heavy atom. The summed E-state index contributed by atoms with van der Waals surface area (Å²) >= 11 is 5.25. The maximum absolute atomic E-state index is 5.59. The van der Waals surface area contributed by atoms with Crippen molar-refractivity contribution in [3.05, 3.63) is 60.2 Å². The van der Waals surface area contributed by atoms with E-state index in [1.54, 1.807) is 0 Å². The lowest BCUT2D eigenvalue weighted by atomic mass is 10.1. The molecule has 21 heavy (non-hydrogen) atoms. The molecule has 0 aliphatic carbocycles. The summed E-state index contributed by atoms with van der Waals surface area (Å²) in [6.07, 6.45) is 1.04. The highest BCUT2D eigenvalue weighted by Gasteiger charge is 1.98. The van der Waals surface area contributed by atoms with Crippen LogP contribution in [0.3, 0.4) is 0 Å². The van der Waals surface area contributed by atoms with Crippen LogP contribution in [0.25, 0.3) is 0 Å². The number of hydrogen-bond acceptors (Lipinski definition) is 2. The second kappa shape index (κ2) is 8.27. The highest BCUT2D eigenvalue weighted by Crippen LogP contribution is 2.10. The second-order valence-corrected chi connectivity index (χ2v) is 5.00. The summed E-state index contributed by atoms with van der Waals surface area (Å²) in [4.78, 5) is 0. The smallest absolute Gasteiger partial charge is 0.170 e. The molecule has 0 fully saturated rings. The lowest BCUT2D eigenvalue weighted by Crippen LogP contribution is -2.31. The first-order valence-corrected chi connectivity index (χ1v) is 7.50. The Balaban J connectivity index is 1.67. The molecule has 0 radical (unpaired) electrons. The van der Waals surface area contributed by atoms with E-state index in [-0.39, 0.29) is 0 Å². The normalized spacial score (nSPS) is 9.95. The zero-order valence-electron chi connectivity index (χ0n) is 12.1. The van der Waals surface area contributed by atoms with Crippen molar-refractivity contribution < 1.29 is 4.74 Å². The van der Waals surface area contributed by atoms with Crippen LogP contribution in [-0.4, -0.2) is 18.3 Å². The Labute approximate surface area is 131 Å². The van der Waals surface area contributed by atoms with E-state index in [9.17, 15) is 0 Å². The zero-order valence-corrected chi connectivity index (χ0v) is 13.0. The fourth-order valence-corrected chi connectivity index (χ4v) is 2.07. The van der Waals surface area contributed by atoms with E-state index in [1.807, 2.05) is 42.5 Å². The molecule has 0 heterocycles. The first-order valence-electron chi connectivity index (χ1n) is 7.09. The Kier molecular flexibility index (Phi) is 6.03. The fraction of sp³-hybridized carbons (Fsp3) is 0.235. The molecule has 0 spiro atoms. The quantitative estimate of drug-likeness (QED) is 0.631. The zero-order chi connectivity index (χ0) is 14.9. The van der Waals surface area contributed by atoms with Crippen LogP contribution < -0.4 is 15.4 Å². The van der Waals surface area contributed by atoms with Crippen LogP contribution in [0.15, 0.2) is 54.6 Å². The molecule has 0 bridgehead atoms. The summed E-state index contributed by atoms with van der Waals surface area (Å²) in [5.41, 5.74) is 2.31. The molecule has 3 nitrogen and oxygen atoms in total. The molecule has 110 valence electrons. The lowest BCUT2D eigenvalue weighted by Gasteiger charge is -2.11. The van der Waals surface area contributed by atoms with Gasteiger partial charge in [0.15, 0.2) is 5.11 Å². The Morgan fingerprint density at radius 3 is 2.43 bits per heavy atom. The molecule has 0 aliphatic heterocycles. The number of thiocarbonyl (C=S) groups is 1. The van der Waals surface area contributed by atoms with Crippen molar-refractivity contribution in [2.24, 2.45) is 0 Å². The van der Waals surface area contributed by atoms with Crippen LogP contribution in [0, 0.1) is 0 Å². The van der Waals surface area contributed by atoms with Crippen molar-refractivity contribution in [1.82, 2.24) is 5.32 Å². The maximum atomic E-state index is 5.59. The molecule has 0 saturated heterocycles. The van der Waals surface area contributed by atoms with Gasteiger partial charge in [-0.2, -0.15) is 0 Å². The topological polar surface area (TPSA) is 33.3 Å². The number of rotatable bonds is 6. The maximum Gasteiger partial charge on any atom is 0.170 e. The van der Waals surface area contributed by atoms with Gasteiger partial charge in [0.05, 0.1) is 6.54 Å². The van der Waals surface area contributed by atoms with E-state index in [1.165, 1.54) is 5.56 Å². The van der Waals surface area contributed by atoms with Gasteiger partial charge in [-0.25, -0.2) is 0 Å². The van der Waals surface area contributed by atoms with E-state index < -0.39 is 0 Å². The molecule has 0 aliphatic rings. The monoisotopic (exact) mass is 300 g/mol. The molecule has 4 heteroatoms. The molecule has 2 rings (SSSR count). The Bertz CT molecular complexity index is 555. The molecule has 2 aromatic rings. The number of nitrogens with one attached hydrogen (secondary N) is 2. The van der Waals surface area contributed by atoms with E-state index >= 15 is 0 Å². The SMILES string of the molecule is CCc1ccc(NC(=S)NCCOc2ccccc2)cc1. The molecule has 0 amide bonds. The van der Waals surface area contributed by atoms with Gasteiger partial charge in [0.25, 0.3) is 0 Å².